The highest BCUT2D eigenvalue weighted by molar-refractivity contribution is 7.99. The van der Waals surface area contributed by atoms with Crippen LogP contribution in [-0.4, -0.2) is 43.9 Å². The molecule has 100 valence electrons. The van der Waals surface area contributed by atoms with Gasteiger partial charge < -0.3 is 10.6 Å². The first-order chi connectivity index (χ1) is 8.59. The summed E-state index contributed by atoms with van der Waals surface area (Å²) in [4.78, 5) is 14.1. The van der Waals surface area contributed by atoms with Crippen LogP contribution in [0.15, 0.2) is 5.16 Å². The van der Waals surface area contributed by atoms with Crippen molar-refractivity contribution < 1.29 is 4.79 Å². The van der Waals surface area contributed by atoms with Crippen LogP contribution in [0, 0.1) is 0 Å². The molecule has 0 bridgehead atoms. The van der Waals surface area contributed by atoms with E-state index in [0.29, 0.717) is 22.9 Å². The molecule has 1 amide bonds. The highest BCUT2D eigenvalue weighted by Crippen LogP contribution is 2.21. The molecule has 1 aliphatic rings. The van der Waals surface area contributed by atoms with Gasteiger partial charge in [0, 0.05) is 19.6 Å². The summed E-state index contributed by atoms with van der Waals surface area (Å²) in [5, 5.41) is 8.38. The van der Waals surface area contributed by atoms with Gasteiger partial charge in [-0.15, -0.1) is 10.2 Å². The molecule has 7 heteroatoms. The van der Waals surface area contributed by atoms with Crippen LogP contribution >= 0.6 is 11.8 Å². The third kappa shape index (κ3) is 2.77. The van der Waals surface area contributed by atoms with E-state index in [-0.39, 0.29) is 5.91 Å². The Hall–Kier alpha value is -1.24. The predicted octanol–water partition coefficient (Wildman–Crippen LogP) is 0.890. The molecule has 1 saturated heterocycles. The maximum Gasteiger partial charge on any atom is 0.233 e. The fraction of sp³-hybridized carbons (Fsp3) is 0.727. The van der Waals surface area contributed by atoms with Crippen molar-refractivity contribution in [2.24, 2.45) is 7.05 Å². The molecule has 0 spiro atoms. The van der Waals surface area contributed by atoms with Gasteiger partial charge in [0.25, 0.3) is 0 Å². The highest BCUT2D eigenvalue weighted by atomic mass is 32.2. The van der Waals surface area contributed by atoms with Crippen LogP contribution in [0.4, 0.5) is 5.95 Å². The lowest BCUT2D eigenvalue weighted by Crippen LogP contribution is -2.42. The Morgan fingerprint density at radius 2 is 2.28 bits per heavy atom. The number of thioether (sulfide) groups is 1. The third-order valence-corrected chi connectivity index (χ3v) is 4.32. The van der Waals surface area contributed by atoms with Crippen molar-refractivity contribution in [3.8, 4) is 0 Å². The molecule has 0 aliphatic carbocycles. The number of piperidine rings is 1. The quantitative estimate of drug-likeness (QED) is 0.825. The predicted molar refractivity (Wildman–Crippen MR) is 71.2 cm³/mol. The lowest BCUT2D eigenvalue weighted by molar-refractivity contribution is -0.131. The van der Waals surface area contributed by atoms with Gasteiger partial charge in [0.05, 0.1) is 5.75 Å². The van der Waals surface area contributed by atoms with Gasteiger partial charge >= 0.3 is 0 Å². The van der Waals surface area contributed by atoms with E-state index in [0.717, 1.165) is 19.4 Å². The third-order valence-electron chi connectivity index (χ3n) is 3.32. The van der Waals surface area contributed by atoms with Crippen molar-refractivity contribution in [3.63, 3.8) is 0 Å². The minimum atomic E-state index is 0.175. The van der Waals surface area contributed by atoms with Crippen molar-refractivity contribution in [1.29, 1.82) is 0 Å². The second-order valence-electron chi connectivity index (χ2n) is 4.62. The molecule has 1 atom stereocenters. The Kier molecular flexibility index (Phi) is 4.11. The summed E-state index contributed by atoms with van der Waals surface area (Å²) >= 11 is 1.39. The first kappa shape index (κ1) is 13.2. The maximum absolute atomic E-state index is 12.1. The second kappa shape index (κ2) is 5.60. The van der Waals surface area contributed by atoms with E-state index in [2.05, 4.69) is 17.1 Å². The summed E-state index contributed by atoms with van der Waals surface area (Å²) in [5.74, 6) is 0.945. The number of amides is 1. The molecule has 18 heavy (non-hydrogen) atoms. The molecule has 1 aliphatic heterocycles. The fourth-order valence-electron chi connectivity index (χ4n) is 2.13. The first-order valence-corrected chi connectivity index (χ1v) is 7.15. The lowest BCUT2D eigenvalue weighted by atomic mass is 10.0. The number of nitrogens with two attached hydrogens (primary N) is 1. The molecule has 2 rings (SSSR count). The largest absolute Gasteiger partial charge is 0.368 e. The van der Waals surface area contributed by atoms with Gasteiger partial charge in [0.15, 0.2) is 5.16 Å². The standard InChI is InChI=1S/C11H19N5OS/c1-8-5-3-4-6-16(8)9(17)7-18-11-14-13-10(12)15(11)2/h8H,3-7H2,1-2H3,(H2,12,13). The fourth-order valence-corrected chi connectivity index (χ4v) is 2.93. The van der Waals surface area contributed by atoms with Crippen LogP contribution in [0.3, 0.4) is 0 Å². The molecule has 1 unspecified atom stereocenters. The summed E-state index contributed by atoms with van der Waals surface area (Å²) in [6.07, 6.45) is 3.43. The Labute approximate surface area is 111 Å². The molecule has 1 fully saturated rings. The van der Waals surface area contributed by atoms with Gasteiger partial charge in [0.2, 0.25) is 11.9 Å². The van der Waals surface area contributed by atoms with E-state index in [1.165, 1.54) is 18.2 Å². The van der Waals surface area contributed by atoms with Gasteiger partial charge in [-0.1, -0.05) is 11.8 Å². The van der Waals surface area contributed by atoms with Crippen LogP contribution in [0.5, 0.6) is 0 Å². The van der Waals surface area contributed by atoms with E-state index in [4.69, 9.17) is 5.73 Å². The van der Waals surface area contributed by atoms with Crippen LogP contribution in [0.1, 0.15) is 26.2 Å². The number of nitrogen functional groups attached to an aromatic ring is 1. The molecule has 0 aromatic carbocycles. The Morgan fingerprint density at radius 1 is 1.50 bits per heavy atom. The Bertz CT molecular complexity index is 433. The second-order valence-corrected chi connectivity index (χ2v) is 5.56. The van der Waals surface area contributed by atoms with Crippen LogP contribution in [0.25, 0.3) is 0 Å². The van der Waals surface area contributed by atoms with Crippen molar-refractivity contribution in [1.82, 2.24) is 19.7 Å². The van der Waals surface area contributed by atoms with Gasteiger partial charge in [-0.25, -0.2) is 0 Å². The summed E-state index contributed by atoms with van der Waals surface area (Å²) in [6.45, 7) is 2.99. The average Bonchev–Trinajstić information content (AvgIpc) is 2.68. The molecule has 2 N–H and O–H groups in total. The first-order valence-electron chi connectivity index (χ1n) is 6.16. The van der Waals surface area contributed by atoms with Crippen LogP contribution in [-0.2, 0) is 11.8 Å². The zero-order valence-electron chi connectivity index (χ0n) is 10.8. The summed E-state index contributed by atoms with van der Waals surface area (Å²) < 4.78 is 1.69. The molecule has 2 heterocycles. The number of aromatic nitrogens is 3. The number of hydrogen-bond donors (Lipinski definition) is 1. The monoisotopic (exact) mass is 269 g/mol. The SMILES string of the molecule is CC1CCCCN1C(=O)CSc1nnc(N)n1C. The average molecular weight is 269 g/mol. The highest BCUT2D eigenvalue weighted by Gasteiger charge is 2.23. The Balaban J connectivity index is 1.90. The molecular weight excluding hydrogens is 250 g/mol. The zero-order chi connectivity index (χ0) is 13.1. The molecule has 6 nitrogen and oxygen atoms in total. The number of rotatable bonds is 3. The normalized spacial score (nSPS) is 20.1. The summed E-state index contributed by atoms with van der Waals surface area (Å²) in [6, 6.07) is 0.358. The molecule has 1 aromatic heterocycles. The van der Waals surface area contributed by atoms with Gasteiger partial charge in [-0.2, -0.15) is 0 Å². The minimum Gasteiger partial charge on any atom is -0.368 e. The van der Waals surface area contributed by atoms with Crippen LogP contribution < -0.4 is 5.73 Å². The van der Waals surface area contributed by atoms with E-state index in [9.17, 15) is 4.79 Å². The van der Waals surface area contributed by atoms with Gasteiger partial charge in [-0.3, -0.25) is 9.36 Å². The zero-order valence-corrected chi connectivity index (χ0v) is 11.6. The van der Waals surface area contributed by atoms with Gasteiger partial charge in [-0.05, 0) is 26.2 Å². The van der Waals surface area contributed by atoms with Crippen molar-refractivity contribution in [3.05, 3.63) is 0 Å². The van der Waals surface area contributed by atoms with Crippen LogP contribution in [0.2, 0.25) is 0 Å². The number of likely N-dealkylation sites (tertiary alicyclic amines) is 1. The smallest absolute Gasteiger partial charge is 0.233 e. The summed E-state index contributed by atoms with van der Waals surface area (Å²) in [5.41, 5.74) is 5.59. The summed E-state index contributed by atoms with van der Waals surface area (Å²) in [7, 11) is 1.80. The number of nitrogens with zero attached hydrogens (tertiary/aromatic N) is 4. The number of carbonyl (C=O) groups excluding carboxylic acids is 1. The molecule has 1 aromatic rings. The lowest BCUT2D eigenvalue weighted by Gasteiger charge is -2.33. The number of carbonyl (C=O) groups is 1. The number of hydrogen-bond acceptors (Lipinski definition) is 5. The van der Waals surface area contributed by atoms with Gasteiger partial charge in [0.1, 0.15) is 0 Å². The van der Waals surface area contributed by atoms with Crippen molar-refractivity contribution in [2.75, 3.05) is 18.0 Å². The molecule has 0 saturated carbocycles. The number of anilines is 1. The molecule has 0 radical (unpaired) electrons. The van der Waals surface area contributed by atoms with E-state index < -0.39 is 0 Å². The van der Waals surface area contributed by atoms with E-state index in [1.54, 1.807) is 11.6 Å². The van der Waals surface area contributed by atoms with E-state index in [1.807, 2.05) is 4.90 Å². The van der Waals surface area contributed by atoms with E-state index >= 15 is 0 Å². The van der Waals surface area contributed by atoms with Crippen molar-refractivity contribution in [2.45, 2.75) is 37.4 Å². The molecular formula is C11H19N5OS. The minimum absolute atomic E-state index is 0.175. The van der Waals surface area contributed by atoms with Crippen molar-refractivity contribution >= 4 is 23.6 Å². The maximum atomic E-state index is 12.1. The Morgan fingerprint density at radius 3 is 2.89 bits per heavy atom. The topological polar surface area (TPSA) is 77.0 Å².